The zero-order valence-electron chi connectivity index (χ0n) is 8.13. The van der Waals surface area contributed by atoms with Crippen molar-refractivity contribution in [3.05, 3.63) is 34.1 Å². The fourth-order valence-electron chi connectivity index (χ4n) is 1.27. The SMILES string of the molecule is Cc1cc(Cl)c(F)c(CC(N)C(=O)O)c1. The highest BCUT2D eigenvalue weighted by molar-refractivity contribution is 6.30. The van der Waals surface area contributed by atoms with Gasteiger partial charge in [0.05, 0.1) is 5.02 Å². The van der Waals surface area contributed by atoms with Crippen molar-refractivity contribution >= 4 is 17.6 Å². The van der Waals surface area contributed by atoms with E-state index >= 15 is 0 Å². The Hall–Kier alpha value is -1.13. The predicted octanol–water partition coefficient (Wildman–Crippen LogP) is 1.74. The number of nitrogens with two attached hydrogens (primary N) is 1. The van der Waals surface area contributed by atoms with E-state index in [0.717, 1.165) is 5.56 Å². The second-order valence-corrected chi connectivity index (χ2v) is 3.78. The zero-order valence-corrected chi connectivity index (χ0v) is 8.88. The molecule has 0 heterocycles. The van der Waals surface area contributed by atoms with Gasteiger partial charge in [0.2, 0.25) is 0 Å². The van der Waals surface area contributed by atoms with Crippen molar-refractivity contribution in [2.75, 3.05) is 0 Å². The fraction of sp³-hybridized carbons (Fsp3) is 0.300. The van der Waals surface area contributed by atoms with E-state index in [1.165, 1.54) is 6.07 Å². The van der Waals surface area contributed by atoms with Gasteiger partial charge in [-0.15, -0.1) is 0 Å². The van der Waals surface area contributed by atoms with E-state index in [9.17, 15) is 9.18 Å². The molecule has 0 saturated heterocycles. The maximum atomic E-state index is 13.4. The minimum atomic E-state index is -1.16. The molecular weight excluding hydrogens is 221 g/mol. The Kier molecular flexibility index (Phi) is 3.66. The van der Waals surface area contributed by atoms with Crippen molar-refractivity contribution in [1.29, 1.82) is 0 Å². The van der Waals surface area contributed by atoms with Gasteiger partial charge in [0, 0.05) is 6.42 Å². The molecule has 1 aromatic carbocycles. The molecular formula is C10H11ClFNO2. The molecule has 0 saturated carbocycles. The third-order valence-electron chi connectivity index (χ3n) is 2.00. The smallest absolute Gasteiger partial charge is 0.320 e. The molecule has 0 radical (unpaired) electrons. The van der Waals surface area contributed by atoms with E-state index in [4.69, 9.17) is 22.4 Å². The third kappa shape index (κ3) is 2.91. The maximum Gasteiger partial charge on any atom is 0.320 e. The number of hydrogen-bond acceptors (Lipinski definition) is 2. The Bertz CT molecular complexity index is 395. The van der Waals surface area contributed by atoms with E-state index < -0.39 is 17.8 Å². The lowest BCUT2D eigenvalue weighted by Gasteiger charge is -2.09. The monoisotopic (exact) mass is 231 g/mol. The predicted molar refractivity (Wildman–Crippen MR) is 55.5 cm³/mol. The molecule has 3 N–H and O–H groups in total. The van der Waals surface area contributed by atoms with E-state index in [0.29, 0.717) is 0 Å². The number of carboxylic acid groups (broad SMARTS) is 1. The Labute approximate surface area is 91.7 Å². The summed E-state index contributed by atoms with van der Waals surface area (Å²) in [4.78, 5) is 10.5. The van der Waals surface area contributed by atoms with E-state index in [1.807, 2.05) is 0 Å². The van der Waals surface area contributed by atoms with Gasteiger partial charge in [0.25, 0.3) is 0 Å². The number of halogens is 2. The van der Waals surface area contributed by atoms with Gasteiger partial charge >= 0.3 is 5.97 Å². The van der Waals surface area contributed by atoms with Crippen LogP contribution in [0.3, 0.4) is 0 Å². The number of aryl methyl sites for hydroxylation is 1. The van der Waals surface area contributed by atoms with Gasteiger partial charge in [-0.25, -0.2) is 4.39 Å². The van der Waals surface area contributed by atoms with Gasteiger partial charge < -0.3 is 10.8 Å². The summed E-state index contributed by atoms with van der Waals surface area (Å²) in [5.74, 6) is -1.76. The zero-order chi connectivity index (χ0) is 11.6. The molecule has 1 atom stereocenters. The number of rotatable bonds is 3. The first-order chi connectivity index (χ1) is 6.91. The number of benzene rings is 1. The van der Waals surface area contributed by atoms with Crippen LogP contribution in [-0.4, -0.2) is 17.1 Å². The van der Waals surface area contributed by atoms with Crippen molar-refractivity contribution < 1.29 is 14.3 Å². The summed E-state index contributed by atoms with van der Waals surface area (Å²) in [5, 5.41) is 8.58. The summed E-state index contributed by atoms with van der Waals surface area (Å²) >= 11 is 5.62. The lowest BCUT2D eigenvalue weighted by molar-refractivity contribution is -0.138. The molecule has 82 valence electrons. The number of carboxylic acids is 1. The van der Waals surface area contributed by atoms with Gasteiger partial charge in [0.15, 0.2) is 0 Å². The molecule has 1 aromatic rings. The second-order valence-electron chi connectivity index (χ2n) is 3.37. The molecule has 0 bridgehead atoms. The van der Waals surface area contributed by atoms with Crippen LogP contribution in [0.5, 0.6) is 0 Å². The van der Waals surface area contributed by atoms with Crippen molar-refractivity contribution in [1.82, 2.24) is 0 Å². The normalized spacial score (nSPS) is 12.5. The number of hydrogen-bond donors (Lipinski definition) is 2. The summed E-state index contributed by atoms with van der Waals surface area (Å²) in [5.41, 5.74) is 6.31. The highest BCUT2D eigenvalue weighted by Gasteiger charge is 2.16. The van der Waals surface area contributed by atoms with Crippen LogP contribution < -0.4 is 5.73 Å². The molecule has 0 spiro atoms. The topological polar surface area (TPSA) is 63.3 Å². The first-order valence-corrected chi connectivity index (χ1v) is 4.72. The lowest BCUT2D eigenvalue weighted by atomic mass is 10.0. The summed E-state index contributed by atoms with van der Waals surface area (Å²) < 4.78 is 13.4. The Morgan fingerprint density at radius 1 is 1.67 bits per heavy atom. The van der Waals surface area contributed by atoms with Crippen LogP contribution in [0.4, 0.5) is 4.39 Å². The molecule has 1 unspecified atom stereocenters. The van der Waals surface area contributed by atoms with Gasteiger partial charge in [-0.3, -0.25) is 4.79 Å². The fourth-order valence-corrected chi connectivity index (χ4v) is 1.56. The highest BCUT2D eigenvalue weighted by atomic mass is 35.5. The van der Waals surface area contributed by atoms with Crippen LogP contribution in [0.25, 0.3) is 0 Å². The van der Waals surface area contributed by atoms with E-state index in [1.54, 1.807) is 13.0 Å². The number of carbonyl (C=O) groups is 1. The van der Waals surface area contributed by atoms with Gasteiger partial charge in [-0.1, -0.05) is 17.7 Å². The van der Waals surface area contributed by atoms with Crippen LogP contribution in [0.1, 0.15) is 11.1 Å². The first-order valence-electron chi connectivity index (χ1n) is 4.34. The molecule has 0 aliphatic heterocycles. The minimum absolute atomic E-state index is 0.0115. The Balaban J connectivity index is 2.99. The third-order valence-corrected chi connectivity index (χ3v) is 2.28. The van der Waals surface area contributed by atoms with Gasteiger partial charge in [-0.2, -0.15) is 0 Å². The standard InChI is InChI=1S/C10H11ClFNO2/c1-5-2-6(4-8(13)10(14)15)9(12)7(11)3-5/h2-3,8H,4,13H2,1H3,(H,14,15). The first kappa shape index (κ1) is 11.9. The molecule has 0 aliphatic rings. The molecule has 3 nitrogen and oxygen atoms in total. The molecule has 5 heteroatoms. The molecule has 15 heavy (non-hydrogen) atoms. The van der Waals surface area contributed by atoms with Crippen LogP contribution in [0.15, 0.2) is 12.1 Å². The summed E-state index contributed by atoms with van der Waals surface area (Å²) in [6.07, 6.45) is -0.0669. The summed E-state index contributed by atoms with van der Waals surface area (Å²) in [6, 6.07) is 1.91. The molecule has 0 aliphatic carbocycles. The van der Waals surface area contributed by atoms with Crippen molar-refractivity contribution in [2.45, 2.75) is 19.4 Å². The van der Waals surface area contributed by atoms with Crippen LogP contribution in [0.2, 0.25) is 5.02 Å². The van der Waals surface area contributed by atoms with Crippen molar-refractivity contribution in [3.8, 4) is 0 Å². The lowest BCUT2D eigenvalue weighted by Crippen LogP contribution is -2.32. The van der Waals surface area contributed by atoms with Crippen LogP contribution in [-0.2, 0) is 11.2 Å². The Morgan fingerprint density at radius 2 is 2.27 bits per heavy atom. The Morgan fingerprint density at radius 3 is 2.80 bits per heavy atom. The average Bonchev–Trinajstić information content (AvgIpc) is 2.13. The molecule has 0 fully saturated rings. The summed E-state index contributed by atoms with van der Waals surface area (Å²) in [6.45, 7) is 1.75. The van der Waals surface area contributed by atoms with Gasteiger partial charge in [-0.05, 0) is 24.1 Å². The van der Waals surface area contributed by atoms with Crippen LogP contribution >= 0.6 is 11.6 Å². The van der Waals surface area contributed by atoms with Gasteiger partial charge in [0.1, 0.15) is 11.9 Å². The molecule has 0 aromatic heterocycles. The van der Waals surface area contributed by atoms with Crippen molar-refractivity contribution in [2.24, 2.45) is 5.73 Å². The largest absolute Gasteiger partial charge is 0.480 e. The second kappa shape index (κ2) is 4.59. The number of aliphatic carboxylic acids is 1. The maximum absolute atomic E-state index is 13.4. The van der Waals surface area contributed by atoms with Crippen molar-refractivity contribution in [3.63, 3.8) is 0 Å². The molecule has 0 amide bonds. The summed E-state index contributed by atoms with van der Waals surface area (Å²) in [7, 11) is 0. The van der Waals surface area contributed by atoms with E-state index in [2.05, 4.69) is 0 Å². The molecule has 1 rings (SSSR count). The average molecular weight is 232 g/mol. The quantitative estimate of drug-likeness (QED) is 0.833. The highest BCUT2D eigenvalue weighted by Crippen LogP contribution is 2.21. The minimum Gasteiger partial charge on any atom is -0.480 e. The van der Waals surface area contributed by atoms with E-state index in [-0.39, 0.29) is 17.0 Å². The van der Waals surface area contributed by atoms with Crippen LogP contribution in [0, 0.1) is 12.7 Å².